The van der Waals surface area contributed by atoms with Crippen molar-refractivity contribution < 1.29 is 19.2 Å². The van der Waals surface area contributed by atoms with Crippen molar-refractivity contribution in [3.8, 4) is 0 Å². The average molecular weight is 335 g/mol. The number of nitro groups is 1. The second kappa shape index (κ2) is 8.19. The zero-order chi connectivity index (χ0) is 18.3. The van der Waals surface area contributed by atoms with Gasteiger partial charge in [0.25, 0.3) is 5.69 Å². The van der Waals surface area contributed by atoms with Gasteiger partial charge in [-0.15, -0.1) is 0 Å². The van der Waals surface area contributed by atoms with Crippen LogP contribution in [0.15, 0.2) is 24.3 Å². The summed E-state index contributed by atoms with van der Waals surface area (Å²) in [5.41, 5.74) is -0.0532. The number of carbonyl (C=O) groups excluding carboxylic acids is 2. The normalized spacial score (nSPS) is 10.8. The number of nitro benzene ring substituents is 1. The van der Waals surface area contributed by atoms with Crippen molar-refractivity contribution >= 4 is 23.3 Å². The fourth-order valence-electron chi connectivity index (χ4n) is 1.77. The lowest BCUT2D eigenvalue weighted by molar-refractivity contribution is -0.384. The van der Waals surface area contributed by atoms with Crippen LogP contribution in [0.5, 0.6) is 0 Å². The third kappa shape index (κ3) is 6.99. The topological polar surface area (TPSA) is 122 Å². The van der Waals surface area contributed by atoms with Gasteiger partial charge in [-0.1, -0.05) is 0 Å². The number of amides is 1. The van der Waals surface area contributed by atoms with Crippen LogP contribution >= 0.6 is 0 Å². The molecule has 2 N–H and O–H groups in total. The smallest absolute Gasteiger partial charge is 0.306 e. The summed E-state index contributed by atoms with van der Waals surface area (Å²) in [7, 11) is 0. The maximum absolute atomic E-state index is 11.7. The lowest BCUT2D eigenvalue weighted by Gasteiger charge is -2.19. The molecule has 0 aliphatic rings. The van der Waals surface area contributed by atoms with Gasteiger partial charge in [0.2, 0.25) is 5.91 Å². The highest BCUT2D eigenvalue weighted by atomic mass is 16.6. The fourth-order valence-corrected chi connectivity index (χ4v) is 1.77. The Bertz CT molecular complexity index is 632. The minimum absolute atomic E-state index is 0.0229. The molecule has 0 atom stereocenters. The van der Waals surface area contributed by atoms with Crippen molar-refractivity contribution in [3.05, 3.63) is 39.9 Å². The first-order valence-electron chi connectivity index (χ1n) is 7.39. The van der Waals surface area contributed by atoms with E-state index in [4.69, 9.17) is 10.1 Å². The van der Waals surface area contributed by atoms with E-state index in [0.29, 0.717) is 5.56 Å². The lowest BCUT2D eigenvalue weighted by atomic mass is 10.1. The molecule has 1 rings (SSSR count). The second-order valence-electron chi connectivity index (χ2n) is 6.15. The van der Waals surface area contributed by atoms with Crippen LogP contribution in [-0.4, -0.2) is 34.7 Å². The van der Waals surface area contributed by atoms with Gasteiger partial charge in [-0.25, -0.2) is 0 Å². The maximum atomic E-state index is 11.7. The van der Waals surface area contributed by atoms with Crippen molar-refractivity contribution in [3.63, 3.8) is 0 Å². The van der Waals surface area contributed by atoms with Crippen molar-refractivity contribution in [2.24, 2.45) is 0 Å². The Hall–Kier alpha value is -2.77. The highest BCUT2D eigenvalue weighted by Gasteiger charge is 2.17. The van der Waals surface area contributed by atoms with Crippen LogP contribution < -0.4 is 5.32 Å². The Morgan fingerprint density at radius 2 is 1.79 bits per heavy atom. The summed E-state index contributed by atoms with van der Waals surface area (Å²) in [4.78, 5) is 33.2. The van der Waals surface area contributed by atoms with Crippen LogP contribution in [0, 0.1) is 15.5 Å². The number of ether oxygens (including phenoxy) is 1. The van der Waals surface area contributed by atoms with Gasteiger partial charge in [-0.05, 0) is 38.5 Å². The number of carbonyl (C=O) groups is 2. The number of nitrogens with one attached hydrogen (secondary N) is 2. The highest BCUT2D eigenvalue weighted by Crippen LogP contribution is 2.12. The van der Waals surface area contributed by atoms with Gasteiger partial charge in [0.1, 0.15) is 5.60 Å². The Balaban J connectivity index is 2.39. The van der Waals surface area contributed by atoms with Gasteiger partial charge in [0, 0.05) is 18.6 Å². The number of hydrogen-bond donors (Lipinski definition) is 2. The minimum atomic E-state index is -0.592. The molecule has 0 aliphatic heterocycles. The molecule has 24 heavy (non-hydrogen) atoms. The van der Waals surface area contributed by atoms with Crippen molar-refractivity contribution in [1.29, 1.82) is 5.41 Å². The first kappa shape index (κ1) is 19.3. The van der Waals surface area contributed by atoms with E-state index in [1.807, 2.05) is 0 Å². The van der Waals surface area contributed by atoms with E-state index in [9.17, 15) is 19.7 Å². The van der Waals surface area contributed by atoms with Gasteiger partial charge in [0.15, 0.2) is 0 Å². The summed E-state index contributed by atoms with van der Waals surface area (Å²) in [5.74, 6) is -0.824. The Morgan fingerprint density at radius 1 is 1.21 bits per heavy atom. The summed E-state index contributed by atoms with van der Waals surface area (Å²) >= 11 is 0. The van der Waals surface area contributed by atoms with Gasteiger partial charge in [-0.2, -0.15) is 0 Å². The molecule has 0 fully saturated rings. The first-order chi connectivity index (χ1) is 11.1. The van der Waals surface area contributed by atoms with Gasteiger partial charge in [0.05, 0.1) is 23.6 Å². The molecule has 0 saturated carbocycles. The maximum Gasteiger partial charge on any atom is 0.306 e. The summed E-state index contributed by atoms with van der Waals surface area (Å²) in [6.07, 6.45) is -0.0591. The predicted molar refractivity (Wildman–Crippen MR) is 88.0 cm³/mol. The standard InChI is InChI=1S/C16H21N3O5/c1-16(2,3)24-15(21)9-8-14(20)18-10-13(17)11-4-6-12(7-5-11)19(22)23/h4-7,17H,8-10H2,1-3H3,(H,18,20). The lowest BCUT2D eigenvalue weighted by Crippen LogP contribution is -2.30. The molecule has 0 heterocycles. The summed E-state index contributed by atoms with van der Waals surface area (Å²) in [5, 5.41) is 21.0. The molecule has 130 valence electrons. The van der Waals surface area contributed by atoms with E-state index in [0.717, 1.165) is 0 Å². The third-order valence-corrected chi connectivity index (χ3v) is 2.87. The Kier molecular flexibility index (Phi) is 6.58. The molecule has 1 aromatic rings. The molecule has 0 aromatic heterocycles. The number of hydrogen-bond acceptors (Lipinski definition) is 6. The molecule has 0 bridgehead atoms. The van der Waals surface area contributed by atoms with Crippen LogP contribution in [0.25, 0.3) is 0 Å². The zero-order valence-electron chi connectivity index (χ0n) is 13.9. The van der Waals surface area contributed by atoms with Crippen molar-refractivity contribution in [1.82, 2.24) is 5.32 Å². The first-order valence-corrected chi connectivity index (χ1v) is 7.39. The minimum Gasteiger partial charge on any atom is -0.460 e. The molecule has 0 saturated heterocycles. The number of rotatable bonds is 7. The van der Waals surface area contributed by atoms with Crippen LogP contribution in [0.4, 0.5) is 5.69 Å². The van der Waals surface area contributed by atoms with Crippen LogP contribution in [0.1, 0.15) is 39.2 Å². The molecule has 8 nitrogen and oxygen atoms in total. The van der Waals surface area contributed by atoms with E-state index >= 15 is 0 Å². The Labute approximate surface area is 139 Å². The van der Waals surface area contributed by atoms with Gasteiger partial charge >= 0.3 is 5.97 Å². The number of esters is 1. The van der Waals surface area contributed by atoms with E-state index < -0.39 is 16.5 Å². The quantitative estimate of drug-likeness (QED) is 0.342. The third-order valence-electron chi connectivity index (χ3n) is 2.87. The fraction of sp³-hybridized carbons (Fsp3) is 0.438. The Morgan fingerprint density at radius 3 is 2.29 bits per heavy atom. The predicted octanol–water partition coefficient (Wildman–Crippen LogP) is 2.20. The number of non-ortho nitro benzene ring substituents is 1. The summed E-state index contributed by atoms with van der Waals surface area (Å²) in [6.45, 7) is 5.22. The van der Waals surface area contributed by atoms with Crippen LogP contribution in [0.2, 0.25) is 0 Å². The molecule has 0 aliphatic carbocycles. The zero-order valence-corrected chi connectivity index (χ0v) is 13.9. The number of nitrogens with zero attached hydrogens (tertiary/aromatic N) is 1. The largest absolute Gasteiger partial charge is 0.460 e. The molecule has 1 aromatic carbocycles. The highest BCUT2D eigenvalue weighted by molar-refractivity contribution is 6.01. The molecular weight excluding hydrogens is 314 g/mol. The summed E-state index contributed by atoms with van der Waals surface area (Å²) in [6, 6.07) is 5.50. The molecular formula is C16H21N3O5. The molecule has 1 amide bonds. The van der Waals surface area contributed by atoms with Crippen LogP contribution in [-0.2, 0) is 14.3 Å². The SMILES string of the molecule is CC(C)(C)OC(=O)CCC(=O)NCC(=N)c1ccc([N+](=O)[O-])cc1. The van der Waals surface area contributed by atoms with E-state index in [1.165, 1.54) is 24.3 Å². The van der Waals surface area contributed by atoms with Gasteiger partial charge < -0.3 is 15.5 Å². The number of benzene rings is 1. The summed E-state index contributed by atoms with van der Waals surface area (Å²) < 4.78 is 5.10. The van der Waals surface area contributed by atoms with E-state index in [1.54, 1.807) is 20.8 Å². The molecule has 8 heteroatoms. The second-order valence-corrected chi connectivity index (χ2v) is 6.15. The van der Waals surface area contributed by atoms with Gasteiger partial charge in [-0.3, -0.25) is 19.7 Å². The monoisotopic (exact) mass is 335 g/mol. The molecule has 0 spiro atoms. The van der Waals surface area contributed by atoms with Crippen molar-refractivity contribution in [2.75, 3.05) is 6.54 Å². The van der Waals surface area contributed by atoms with Crippen molar-refractivity contribution in [2.45, 2.75) is 39.2 Å². The van der Waals surface area contributed by atoms with E-state index in [2.05, 4.69) is 5.32 Å². The average Bonchev–Trinajstić information content (AvgIpc) is 2.49. The van der Waals surface area contributed by atoms with Crippen LogP contribution in [0.3, 0.4) is 0 Å². The molecule has 0 unspecified atom stereocenters. The molecule has 0 radical (unpaired) electrons. The van der Waals surface area contributed by atoms with E-state index in [-0.39, 0.29) is 36.7 Å².